The van der Waals surface area contributed by atoms with E-state index in [0.717, 1.165) is 10.2 Å². The molecular weight excluding hydrogens is 524 g/mol. The summed E-state index contributed by atoms with van der Waals surface area (Å²) < 4.78 is 0.855. The highest BCUT2D eigenvalue weighted by Gasteiger charge is 2.24. The summed E-state index contributed by atoms with van der Waals surface area (Å²) >= 11 is 0. The van der Waals surface area contributed by atoms with Crippen LogP contribution in [0.4, 0.5) is 11.5 Å². The van der Waals surface area contributed by atoms with Crippen LogP contribution in [-0.2, 0) is 0 Å². The first-order chi connectivity index (χ1) is 19.8. The number of H-pyrrole nitrogens is 1. The predicted octanol–water partition coefficient (Wildman–Crippen LogP) is 4.77. The lowest BCUT2D eigenvalue weighted by molar-refractivity contribution is -0.384. The summed E-state index contributed by atoms with van der Waals surface area (Å²) in [5.41, 5.74) is 0.739. The largest absolute Gasteiger partial charge is 0.508 e. The van der Waals surface area contributed by atoms with Crippen molar-refractivity contribution >= 4 is 34.5 Å². The Labute approximate surface area is 231 Å². The number of nitrogens with one attached hydrogen (secondary N) is 1. The standard InChI is InChI=1S/C29H18N8O4/c1-17(27-33-24-7-2-3-8-25(24)34-27)35-36-28(32-16-18-5-4-6-21(38)13-18)22(14-30)26(23(15-31)29(36)39)19-9-11-20(12-10-19)37(40)41/h2-13,16,38H,1H3,(H,33,34)/b32-16+,35-17+. The molecule has 0 atom stereocenters. The normalized spacial score (nSPS) is 11.4. The Morgan fingerprint density at radius 3 is 2.46 bits per heavy atom. The van der Waals surface area contributed by atoms with Crippen LogP contribution in [0.25, 0.3) is 22.2 Å². The van der Waals surface area contributed by atoms with Crippen molar-refractivity contribution in [3.05, 3.63) is 116 Å². The zero-order valence-electron chi connectivity index (χ0n) is 21.3. The number of para-hydroxylation sites is 2. The van der Waals surface area contributed by atoms with Gasteiger partial charge in [-0.2, -0.15) is 20.3 Å². The summed E-state index contributed by atoms with van der Waals surface area (Å²) in [5.74, 6) is 0.151. The van der Waals surface area contributed by atoms with Gasteiger partial charge in [0.2, 0.25) is 0 Å². The summed E-state index contributed by atoms with van der Waals surface area (Å²) in [6.45, 7) is 1.61. The maximum Gasteiger partial charge on any atom is 0.291 e. The van der Waals surface area contributed by atoms with Crippen molar-refractivity contribution in [2.75, 3.05) is 0 Å². The Balaban J connectivity index is 1.79. The number of aromatic hydroxyl groups is 1. The minimum absolute atomic E-state index is 0.0167. The average Bonchev–Trinajstić information content (AvgIpc) is 3.42. The number of phenolic OH excluding ortho intramolecular Hbond substituents is 1. The number of nitro groups is 1. The van der Waals surface area contributed by atoms with Crippen LogP contribution < -0.4 is 5.56 Å². The molecule has 2 aromatic heterocycles. The molecule has 0 unspecified atom stereocenters. The van der Waals surface area contributed by atoms with Crippen molar-refractivity contribution in [1.82, 2.24) is 14.6 Å². The van der Waals surface area contributed by atoms with Gasteiger partial charge in [0.1, 0.15) is 34.7 Å². The first kappa shape index (κ1) is 26.2. The first-order valence-corrected chi connectivity index (χ1v) is 12.0. The number of aliphatic imine (C=N–C) groups is 1. The quantitative estimate of drug-likeness (QED) is 0.176. The third-order valence-electron chi connectivity index (χ3n) is 6.11. The van der Waals surface area contributed by atoms with Gasteiger partial charge >= 0.3 is 0 Å². The fourth-order valence-corrected chi connectivity index (χ4v) is 4.17. The first-order valence-electron chi connectivity index (χ1n) is 12.0. The smallest absolute Gasteiger partial charge is 0.291 e. The fourth-order valence-electron chi connectivity index (χ4n) is 4.17. The SMILES string of the molecule is C/C(=N\n1c(/N=C/c2cccc(O)c2)c(C#N)c(-c2ccc([N+](=O)[O-])cc2)c(C#N)c1=O)c1nc2ccccc2[nH]1. The number of aromatic amines is 1. The topological polar surface area (TPSA) is 186 Å². The molecule has 0 spiro atoms. The molecule has 0 radical (unpaired) electrons. The molecule has 0 fully saturated rings. The highest BCUT2D eigenvalue weighted by Crippen LogP contribution is 2.33. The van der Waals surface area contributed by atoms with E-state index >= 15 is 0 Å². The van der Waals surface area contributed by atoms with E-state index in [1.807, 2.05) is 30.3 Å². The number of hydrogen-bond acceptors (Lipinski definition) is 9. The van der Waals surface area contributed by atoms with Crippen molar-refractivity contribution in [3.63, 3.8) is 0 Å². The molecule has 12 nitrogen and oxygen atoms in total. The van der Waals surface area contributed by atoms with Gasteiger partial charge < -0.3 is 10.1 Å². The van der Waals surface area contributed by atoms with E-state index < -0.39 is 16.0 Å². The van der Waals surface area contributed by atoms with E-state index in [9.17, 15) is 30.5 Å². The zero-order chi connectivity index (χ0) is 29.1. The van der Waals surface area contributed by atoms with Gasteiger partial charge in [-0.3, -0.25) is 14.9 Å². The molecule has 5 aromatic rings. The van der Waals surface area contributed by atoms with Gasteiger partial charge in [0, 0.05) is 23.9 Å². The molecule has 2 N–H and O–H groups in total. The van der Waals surface area contributed by atoms with E-state index in [-0.39, 0.29) is 39.7 Å². The molecule has 198 valence electrons. The molecule has 3 aromatic carbocycles. The number of nitrogens with zero attached hydrogens (tertiary/aromatic N) is 7. The second-order valence-electron chi connectivity index (χ2n) is 8.73. The van der Waals surface area contributed by atoms with Gasteiger partial charge in [-0.1, -0.05) is 24.3 Å². The number of nitro benzene ring substituents is 1. The number of pyridine rings is 1. The minimum Gasteiger partial charge on any atom is -0.508 e. The average molecular weight is 543 g/mol. The highest BCUT2D eigenvalue weighted by atomic mass is 16.6. The highest BCUT2D eigenvalue weighted by molar-refractivity contribution is 5.98. The zero-order valence-corrected chi connectivity index (χ0v) is 21.3. The lowest BCUT2D eigenvalue weighted by Gasteiger charge is -2.13. The Morgan fingerprint density at radius 2 is 1.80 bits per heavy atom. The number of benzene rings is 3. The Hall–Kier alpha value is -6.40. The molecule has 5 rings (SSSR count). The minimum atomic E-state index is -0.863. The molecule has 0 amide bonds. The van der Waals surface area contributed by atoms with Gasteiger partial charge in [0.05, 0.1) is 16.0 Å². The predicted molar refractivity (Wildman–Crippen MR) is 151 cm³/mol. The van der Waals surface area contributed by atoms with Gasteiger partial charge in [-0.15, -0.1) is 0 Å². The van der Waals surface area contributed by atoms with Gasteiger partial charge in [0.25, 0.3) is 11.2 Å². The number of phenols is 1. The third kappa shape index (κ3) is 5.04. The van der Waals surface area contributed by atoms with Crippen LogP contribution in [0.1, 0.15) is 29.4 Å². The van der Waals surface area contributed by atoms with Crippen molar-refractivity contribution in [1.29, 1.82) is 10.5 Å². The molecule has 0 aliphatic heterocycles. The summed E-state index contributed by atoms with van der Waals surface area (Å²) in [6, 6.07) is 22.5. The van der Waals surface area contributed by atoms with Crippen molar-refractivity contribution in [3.8, 4) is 29.0 Å². The Morgan fingerprint density at radius 1 is 1.07 bits per heavy atom. The molecular formula is C29H18N8O4. The van der Waals surface area contributed by atoms with Crippen LogP contribution in [0.2, 0.25) is 0 Å². The number of hydrogen-bond donors (Lipinski definition) is 2. The van der Waals surface area contributed by atoms with Crippen molar-refractivity contribution in [2.45, 2.75) is 6.92 Å². The Kier molecular flexibility index (Phi) is 6.88. The molecule has 0 aliphatic rings. The van der Waals surface area contributed by atoms with Crippen LogP contribution in [-0.4, -0.2) is 36.6 Å². The van der Waals surface area contributed by atoms with Crippen molar-refractivity contribution in [2.24, 2.45) is 10.1 Å². The van der Waals surface area contributed by atoms with Crippen LogP contribution in [0.5, 0.6) is 5.75 Å². The lowest BCUT2D eigenvalue weighted by Crippen LogP contribution is -2.23. The maximum atomic E-state index is 13.7. The van der Waals surface area contributed by atoms with Crippen LogP contribution in [0.15, 0.2) is 87.7 Å². The van der Waals surface area contributed by atoms with E-state index in [1.165, 1.54) is 42.6 Å². The lowest BCUT2D eigenvalue weighted by atomic mass is 9.96. The van der Waals surface area contributed by atoms with Gasteiger partial charge in [-0.05, 0) is 54.4 Å². The molecule has 0 saturated heterocycles. The van der Waals surface area contributed by atoms with Gasteiger partial charge in [-0.25, -0.2) is 9.98 Å². The number of non-ortho nitro benzene ring substituents is 1. The summed E-state index contributed by atoms with van der Waals surface area (Å²) in [4.78, 5) is 36.3. The van der Waals surface area contributed by atoms with Crippen molar-refractivity contribution < 1.29 is 10.0 Å². The van der Waals surface area contributed by atoms with Crippen LogP contribution in [0, 0.1) is 32.8 Å². The van der Waals surface area contributed by atoms with E-state index in [2.05, 4.69) is 20.1 Å². The number of rotatable bonds is 6. The maximum absolute atomic E-state index is 13.7. The molecule has 41 heavy (non-hydrogen) atoms. The van der Waals surface area contributed by atoms with Gasteiger partial charge in [0.15, 0.2) is 11.6 Å². The molecule has 0 bridgehead atoms. The second-order valence-corrected chi connectivity index (χ2v) is 8.73. The molecule has 0 aliphatic carbocycles. The monoisotopic (exact) mass is 542 g/mol. The number of fused-ring (bicyclic) bond motifs is 1. The summed E-state index contributed by atoms with van der Waals surface area (Å²) in [5, 5.41) is 45.7. The van der Waals surface area contributed by atoms with E-state index in [4.69, 9.17) is 0 Å². The summed E-state index contributed by atoms with van der Waals surface area (Å²) in [6.07, 6.45) is 1.34. The molecule has 0 saturated carbocycles. The van der Waals surface area contributed by atoms with E-state index in [1.54, 1.807) is 25.1 Å². The second kappa shape index (κ2) is 10.8. The fraction of sp³-hybridized carbons (Fsp3) is 0.0345. The summed E-state index contributed by atoms with van der Waals surface area (Å²) in [7, 11) is 0. The van der Waals surface area contributed by atoms with E-state index in [0.29, 0.717) is 16.9 Å². The van der Waals surface area contributed by atoms with Crippen LogP contribution in [0.3, 0.4) is 0 Å². The van der Waals surface area contributed by atoms with Crippen LogP contribution >= 0.6 is 0 Å². The number of aromatic nitrogens is 3. The third-order valence-corrected chi connectivity index (χ3v) is 6.11. The number of imidazole rings is 1. The Bertz CT molecular complexity index is 2010. The molecule has 2 heterocycles. The molecule has 12 heteroatoms. The number of nitriles is 2.